The molecule has 7 heteroatoms. The summed E-state index contributed by atoms with van der Waals surface area (Å²) in [5.74, 6) is 0. The normalized spacial score (nSPS) is 11.3. The van der Waals surface area contributed by atoms with Gasteiger partial charge in [0.05, 0.1) is 12.2 Å². The molecular formula is C12H14N6O. The number of hydrogen-bond acceptors (Lipinski definition) is 5. The van der Waals surface area contributed by atoms with E-state index in [1.807, 2.05) is 19.2 Å². The number of aromatic amines is 1. The molecule has 3 rings (SSSR count). The Morgan fingerprint density at radius 2 is 2.16 bits per heavy atom. The molecule has 0 bridgehead atoms. The molecule has 0 aliphatic carbocycles. The van der Waals surface area contributed by atoms with Gasteiger partial charge in [-0.05, 0) is 19.4 Å². The Balaban J connectivity index is 2.06. The molecule has 3 aromatic rings. The summed E-state index contributed by atoms with van der Waals surface area (Å²) in [5.41, 5.74) is 3.14. The van der Waals surface area contributed by atoms with Crippen molar-refractivity contribution in [1.29, 1.82) is 0 Å². The number of hydrogen-bond donors (Lipinski definition) is 2. The van der Waals surface area contributed by atoms with Crippen LogP contribution in [0.4, 0.5) is 0 Å². The van der Waals surface area contributed by atoms with Crippen LogP contribution in [0.15, 0.2) is 18.6 Å². The molecule has 0 saturated carbocycles. The molecule has 0 amide bonds. The zero-order chi connectivity index (χ0) is 13.2. The first kappa shape index (κ1) is 11.8. The van der Waals surface area contributed by atoms with Crippen molar-refractivity contribution in [3.05, 3.63) is 24.3 Å². The van der Waals surface area contributed by atoms with Crippen LogP contribution in [0.1, 0.15) is 12.1 Å². The molecule has 0 saturated heterocycles. The van der Waals surface area contributed by atoms with Gasteiger partial charge in [0.2, 0.25) is 0 Å². The molecule has 98 valence electrons. The summed E-state index contributed by atoms with van der Waals surface area (Å²) >= 11 is 0. The number of H-pyrrole nitrogens is 1. The van der Waals surface area contributed by atoms with Crippen LogP contribution in [0.2, 0.25) is 0 Å². The van der Waals surface area contributed by atoms with Gasteiger partial charge in [-0.3, -0.25) is 0 Å². The van der Waals surface area contributed by atoms with E-state index in [1.54, 1.807) is 4.80 Å². The van der Waals surface area contributed by atoms with Gasteiger partial charge in [0.1, 0.15) is 23.4 Å². The topological polar surface area (TPSA) is 92.5 Å². The first-order chi connectivity index (χ1) is 9.29. The maximum Gasteiger partial charge on any atom is 0.141 e. The predicted octanol–water partition coefficient (Wildman–Crippen LogP) is 0.907. The van der Waals surface area contributed by atoms with E-state index in [-0.39, 0.29) is 6.61 Å². The number of rotatable bonds is 4. The average molecular weight is 258 g/mol. The summed E-state index contributed by atoms with van der Waals surface area (Å²) in [6.07, 6.45) is 3.98. The van der Waals surface area contributed by atoms with Crippen molar-refractivity contribution in [3.63, 3.8) is 0 Å². The second kappa shape index (κ2) is 4.77. The number of nitrogens with zero attached hydrogens (tertiary/aromatic N) is 5. The SMILES string of the molecule is Cc1nn(CCCO)nc1-c1ncnc2[nH]ccc12. The molecule has 0 fully saturated rings. The van der Waals surface area contributed by atoms with Crippen LogP contribution in [0.25, 0.3) is 22.4 Å². The molecule has 3 heterocycles. The lowest BCUT2D eigenvalue weighted by atomic mass is 10.2. The van der Waals surface area contributed by atoms with E-state index in [1.165, 1.54) is 6.33 Å². The van der Waals surface area contributed by atoms with Gasteiger partial charge in [0.15, 0.2) is 0 Å². The van der Waals surface area contributed by atoms with Crippen molar-refractivity contribution in [2.24, 2.45) is 0 Å². The van der Waals surface area contributed by atoms with E-state index < -0.39 is 0 Å². The smallest absolute Gasteiger partial charge is 0.141 e. The quantitative estimate of drug-likeness (QED) is 0.725. The molecule has 0 aromatic carbocycles. The number of fused-ring (bicyclic) bond motifs is 1. The molecule has 0 aliphatic heterocycles. The minimum atomic E-state index is 0.130. The molecule has 0 radical (unpaired) electrons. The van der Waals surface area contributed by atoms with Gasteiger partial charge in [-0.25, -0.2) is 9.97 Å². The van der Waals surface area contributed by atoms with Crippen LogP contribution in [0.3, 0.4) is 0 Å². The summed E-state index contributed by atoms with van der Waals surface area (Å²) in [6, 6.07) is 1.93. The second-order valence-corrected chi connectivity index (χ2v) is 4.27. The van der Waals surface area contributed by atoms with E-state index in [9.17, 15) is 0 Å². The van der Waals surface area contributed by atoms with Gasteiger partial charge >= 0.3 is 0 Å². The minimum absolute atomic E-state index is 0.130. The molecule has 0 unspecified atom stereocenters. The van der Waals surface area contributed by atoms with Crippen molar-refractivity contribution < 1.29 is 5.11 Å². The third-order valence-electron chi connectivity index (χ3n) is 2.92. The van der Waals surface area contributed by atoms with E-state index in [0.29, 0.717) is 13.0 Å². The fraction of sp³-hybridized carbons (Fsp3) is 0.333. The highest BCUT2D eigenvalue weighted by Gasteiger charge is 2.14. The summed E-state index contributed by atoms with van der Waals surface area (Å²) in [6.45, 7) is 2.63. The Morgan fingerprint density at radius 3 is 3.00 bits per heavy atom. The average Bonchev–Trinajstić information content (AvgIpc) is 3.02. The summed E-state index contributed by atoms with van der Waals surface area (Å²) < 4.78 is 0. The summed E-state index contributed by atoms with van der Waals surface area (Å²) in [4.78, 5) is 13.1. The second-order valence-electron chi connectivity index (χ2n) is 4.27. The lowest BCUT2D eigenvalue weighted by Gasteiger charge is -1.98. The highest BCUT2D eigenvalue weighted by Crippen LogP contribution is 2.24. The zero-order valence-electron chi connectivity index (χ0n) is 10.5. The monoisotopic (exact) mass is 258 g/mol. The summed E-state index contributed by atoms with van der Waals surface area (Å²) in [5, 5.41) is 18.5. The summed E-state index contributed by atoms with van der Waals surface area (Å²) in [7, 11) is 0. The third-order valence-corrected chi connectivity index (χ3v) is 2.92. The first-order valence-corrected chi connectivity index (χ1v) is 6.10. The van der Waals surface area contributed by atoms with Crippen molar-refractivity contribution >= 4 is 11.0 Å². The lowest BCUT2D eigenvalue weighted by molar-refractivity contribution is 0.273. The highest BCUT2D eigenvalue weighted by atomic mass is 16.3. The molecular weight excluding hydrogens is 244 g/mol. The van der Waals surface area contributed by atoms with Crippen molar-refractivity contribution in [2.75, 3.05) is 6.61 Å². The number of aromatic nitrogens is 6. The van der Waals surface area contributed by atoms with Crippen LogP contribution < -0.4 is 0 Å². The Morgan fingerprint density at radius 1 is 1.26 bits per heavy atom. The number of aliphatic hydroxyl groups excluding tert-OH is 1. The maximum absolute atomic E-state index is 8.84. The predicted molar refractivity (Wildman–Crippen MR) is 69.3 cm³/mol. The number of aryl methyl sites for hydroxylation is 2. The Labute approximate surface area is 109 Å². The van der Waals surface area contributed by atoms with Crippen LogP contribution in [-0.4, -0.2) is 41.7 Å². The van der Waals surface area contributed by atoms with Gasteiger partial charge in [0.25, 0.3) is 0 Å². The zero-order valence-corrected chi connectivity index (χ0v) is 10.5. The Kier molecular flexibility index (Phi) is 2.96. The molecule has 3 aromatic heterocycles. The maximum atomic E-state index is 8.84. The van der Waals surface area contributed by atoms with Crippen LogP contribution in [0, 0.1) is 6.92 Å². The molecule has 7 nitrogen and oxygen atoms in total. The highest BCUT2D eigenvalue weighted by molar-refractivity contribution is 5.89. The van der Waals surface area contributed by atoms with Gasteiger partial charge in [-0.2, -0.15) is 15.0 Å². The van der Waals surface area contributed by atoms with Gasteiger partial charge in [0, 0.05) is 18.2 Å². The fourth-order valence-corrected chi connectivity index (χ4v) is 2.02. The van der Waals surface area contributed by atoms with Gasteiger partial charge in [-0.1, -0.05) is 0 Å². The third kappa shape index (κ3) is 2.08. The van der Waals surface area contributed by atoms with E-state index in [2.05, 4.69) is 25.1 Å². The molecule has 2 N–H and O–H groups in total. The van der Waals surface area contributed by atoms with Crippen LogP contribution in [-0.2, 0) is 6.54 Å². The lowest BCUT2D eigenvalue weighted by Crippen LogP contribution is -2.04. The fourth-order valence-electron chi connectivity index (χ4n) is 2.02. The van der Waals surface area contributed by atoms with E-state index in [0.717, 1.165) is 28.1 Å². The van der Waals surface area contributed by atoms with Crippen LogP contribution >= 0.6 is 0 Å². The number of nitrogens with one attached hydrogen (secondary N) is 1. The molecule has 0 atom stereocenters. The molecule has 0 aliphatic rings. The number of aliphatic hydroxyl groups is 1. The van der Waals surface area contributed by atoms with Crippen molar-refractivity contribution in [3.8, 4) is 11.4 Å². The van der Waals surface area contributed by atoms with E-state index >= 15 is 0 Å². The van der Waals surface area contributed by atoms with Crippen molar-refractivity contribution in [2.45, 2.75) is 19.9 Å². The molecule has 19 heavy (non-hydrogen) atoms. The van der Waals surface area contributed by atoms with Crippen molar-refractivity contribution in [1.82, 2.24) is 29.9 Å². The van der Waals surface area contributed by atoms with Crippen LogP contribution in [0.5, 0.6) is 0 Å². The largest absolute Gasteiger partial charge is 0.396 e. The molecule has 0 spiro atoms. The van der Waals surface area contributed by atoms with E-state index in [4.69, 9.17) is 5.11 Å². The standard InChI is InChI=1S/C12H14N6O/c1-8-10(17-18(16-8)5-2-6-19)11-9-3-4-13-12(9)15-7-14-11/h3-4,7,19H,2,5-6H2,1H3,(H,13,14,15). The first-order valence-electron chi connectivity index (χ1n) is 6.10. The Hall–Kier alpha value is -2.28. The minimum Gasteiger partial charge on any atom is -0.396 e. The van der Waals surface area contributed by atoms with Gasteiger partial charge < -0.3 is 10.1 Å². The van der Waals surface area contributed by atoms with Gasteiger partial charge in [-0.15, -0.1) is 0 Å². The Bertz CT molecular complexity index is 701.